The van der Waals surface area contributed by atoms with E-state index < -0.39 is 11.4 Å². The summed E-state index contributed by atoms with van der Waals surface area (Å²) in [5.74, 6) is 1.04. The maximum Gasteiger partial charge on any atom is 0.410 e. The Balaban J connectivity index is 1.27. The van der Waals surface area contributed by atoms with Crippen molar-refractivity contribution in [3.63, 3.8) is 0 Å². The number of rotatable bonds is 8. The van der Waals surface area contributed by atoms with Gasteiger partial charge >= 0.3 is 6.09 Å². The summed E-state index contributed by atoms with van der Waals surface area (Å²) in [6, 6.07) is 11.8. The van der Waals surface area contributed by atoms with Crippen LogP contribution in [0.4, 0.5) is 15.0 Å². The third kappa shape index (κ3) is 7.36. The summed E-state index contributed by atoms with van der Waals surface area (Å²) in [5.41, 5.74) is 7.24. The summed E-state index contributed by atoms with van der Waals surface area (Å²) < 4.78 is 27.4. The van der Waals surface area contributed by atoms with E-state index in [1.807, 2.05) is 49.6 Å². The number of ether oxygens (including phenoxy) is 2. The van der Waals surface area contributed by atoms with E-state index in [1.165, 1.54) is 32.2 Å². The number of methoxy groups -OCH3 is 1. The van der Waals surface area contributed by atoms with Gasteiger partial charge in [0.05, 0.1) is 25.4 Å². The minimum Gasteiger partial charge on any atom is -0.493 e. The normalized spacial score (nSPS) is 16.7. The van der Waals surface area contributed by atoms with E-state index in [4.69, 9.17) is 14.5 Å². The van der Waals surface area contributed by atoms with Gasteiger partial charge in [-0.2, -0.15) is 0 Å². The van der Waals surface area contributed by atoms with Crippen molar-refractivity contribution in [3.8, 4) is 16.9 Å². The summed E-state index contributed by atoms with van der Waals surface area (Å²) in [4.78, 5) is 42.5. The van der Waals surface area contributed by atoms with Gasteiger partial charge in [0, 0.05) is 84.5 Å². The van der Waals surface area contributed by atoms with Crippen LogP contribution < -0.4 is 9.64 Å². The van der Waals surface area contributed by atoms with Crippen LogP contribution in [0.15, 0.2) is 48.7 Å². The van der Waals surface area contributed by atoms with Crippen LogP contribution in [0.5, 0.6) is 5.75 Å². The number of pyridine rings is 2. The van der Waals surface area contributed by atoms with Crippen molar-refractivity contribution in [2.75, 3.05) is 51.3 Å². The molecule has 5 heterocycles. The van der Waals surface area contributed by atoms with Crippen LogP contribution in [-0.4, -0.2) is 88.3 Å². The van der Waals surface area contributed by atoms with Gasteiger partial charge in [0.25, 0.3) is 5.91 Å². The first kappa shape index (κ1) is 35.5. The smallest absolute Gasteiger partial charge is 0.410 e. The highest BCUT2D eigenvalue weighted by atomic mass is 19.1. The number of fused-ring (bicyclic) bond motifs is 1. The SMILES string of the molecule is CCc1ccc(-c2cc(C(=O)N3CCN(c4ncc(F)cc4OC)CC3)cc3cc(C4=CCCN(C(=O)OC(C)(C)C)C4)n(CC4CC4)c23)c(C)n1. The molecule has 1 saturated heterocycles. The first-order valence-electron chi connectivity index (χ1n) is 18.5. The highest BCUT2D eigenvalue weighted by molar-refractivity contribution is 6.05. The number of carbonyl (C=O) groups excluding carboxylic acids is 2. The van der Waals surface area contributed by atoms with E-state index in [1.54, 1.807) is 4.90 Å². The molecule has 11 heteroatoms. The number of benzene rings is 1. The van der Waals surface area contributed by atoms with Crippen molar-refractivity contribution < 1.29 is 23.5 Å². The van der Waals surface area contributed by atoms with Gasteiger partial charge in [-0.25, -0.2) is 14.2 Å². The van der Waals surface area contributed by atoms with Gasteiger partial charge in [0.15, 0.2) is 11.6 Å². The van der Waals surface area contributed by atoms with Gasteiger partial charge in [0.2, 0.25) is 0 Å². The molecule has 10 nitrogen and oxygen atoms in total. The number of nitrogens with zero attached hydrogens (tertiary/aromatic N) is 6. The third-order valence-electron chi connectivity index (χ3n) is 10.2. The number of hydrogen-bond donors (Lipinski definition) is 0. The molecular weight excluding hydrogens is 659 g/mol. The second kappa shape index (κ2) is 14.2. The van der Waals surface area contributed by atoms with E-state index in [2.05, 4.69) is 40.7 Å². The lowest BCUT2D eigenvalue weighted by molar-refractivity contribution is 0.0272. The predicted molar refractivity (Wildman–Crippen MR) is 201 cm³/mol. The Morgan fingerprint density at radius 3 is 2.42 bits per heavy atom. The molecule has 3 aliphatic rings. The summed E-state index contributed by atoms with van der Waals surface area (Å²) in [6.45, 7) is 13.8. The number of aromatic nitrogens is 3. The summed E-state index contributed by atoms with van der Waals surface area (Å²) in [6.07, 6.45) is 7.09. The van der Waals surface area contributed by atoms with Gasteiger partial charge in [-0.15, -0.1) is 0 Å². The second-order valence-corrected chi connectivity index (χ2v) is 15.2. The quantitative estimate of drug-likeness (QED) is 0.187. The van der Waals surface area contributed by atoms with Crippen molar-refractivity contribution in [1.29, 1.82) is 0 Å². The Kier molecular flexibility index (Phi) is 9.71. The second-order valence-electron chi connectivity index (χ2n) is 15.2. The van der Waals surface area contributed by atoms with Crippen LogP contribution in [-0.2, 0) is 17.7 Å². The number of carbonyl (C=O) groups is 2. The topological polar surface area (TPSA) is 93.0 Å². The van der Waals surface area contributed by atoms with Crippen molar-refractivity contribution in [3.05, 3.63) is 77.1 Å². The molecule has 3 aromatic heterocycles. The third-order valence-corrected chi connectivity index (χ3v) is 10.2. The van der Waals surface area contributed by atoms with E-state index in [-0.39, 0.29) is 12.0 Å². The Bertz CT molecular complexity index is 2040. The summed E-state index contributed by atoms with van der Waals surface area (Å²) in [7, 11) is 1.51. The largest absolute Gasteiger partial charge is 0.493 e. The zero-order valence-corrected chi connectivity index (χ0v) is 31.2. The van der Waals surface area contributed by atoms with Gasteiger partial charge in [-0.05, 0) is 89.1 Å². The van der Waals surface area contributed by atoms with Crippen LogP contribution in [0.3, 0.4) is 0 Å². The molecule has 2 amide bonds. The lowest BCUT2D eigenvalue weighted by Crippen LogP contribution is -2.49. The molecule has 274 valence electrons. The molecule has 2 aliphatic heterocycles. The van der Waals surface area contributed by atoms with Crippen molar-refractivity contribution >= 4 is 34.3 Å². The average molecular weight is 709 g/mol. The van der Waals surface area contributed by atoms with Crippen LogP contribution in [0, 0.1) is 18.7 Å². The average Bonchev–Trinajstić information content (AvgIpc) is 3.88. The van der Waals surface area contributed by atoms with E-state index in [9.17, 15) is 14.0 Å². The van der Waals surface area contributed by atoms with E-state index in [0.717, 1.165) is 64.1 Å². The first-order chi connectivity index (χ1) is 24.9. The molecule has 52 heavy (non-hydrogen) atoms. The number of halogens is 1. The van der Waals surface area contributed by atoms with E-state index >= 15 is 0 Å². The highest BCUT2D eigenvalue weighted by Crippen LogP contribution is 2.40. The number of hydrogen-bond acceptors (Lipinski definition) is 7. The van der Waals surface area contributed by atoms with Crippen molar-refractivity contribution in [1.82, 2.24) is 24.3 Å². The number of aryl methyl sites for hydroxylation is 2. The van der Waals surface area contributed by atoms with Crippen LogP contribution in [0.2, 0.25) is 0 Å². The lowest BCUT2D eigenvalue weighted by Gasteiger charge is -2.36. The molecule has 2 fully saturated rings. The molecule has 1 aromatic carbocycles. The Morgan fingerprint density at radius 2 is 1.75 bits per heavy atom. The van der Waals surface area contributed by atoms with Crippen LogP contribution in [0.1, 0.15) is 74.4 Å². The molecule has 7 rings (SSSR count). The van der Waals surface area contributed by atoms with Crippen molar-refractivity contribution in [2.24, 2.45) is 5.92 Å². The first-order valence-corrected chi connectivity index (χ1v) is 18.5. The maximum absolute atomic E-state index is 14.4. The zero-order chi connectivity index (χ0) is 36.7. The molecule has 0 spiro atoms. The fourth-order valence-corrected chi connectivity index (χ4v) is 7.37. The monoisotopic (exact) mass is 708 g/mol. The highest BCUT2D eigenvalue weighted by Gasteiger charge is 2.31. The van der Waals surface area contributed by atoms with Crippen molar-refractivity contribution in [2.45, 2.75) is 72.4 Å². The molecule has 0 atom stereocenters. The molecule has 1 aliphatic carbocycles. The van der Waals surface area contributed by atoms with Gasteiger partial charge < -0.3 is 28.7 Å². The molecule has 4 aromatic rings. The van der Waals surface area contributed by atoms with Gasteiger partial charge in [-0.3, -0.25) is 9.78 Å². The van der Waals surface area contributed by atoms with E-state index in [0.29, 0.717) is 62.3 Å². The predicted octanol–water partition coefficient (Wildman–Crippen LogP) is 7.51. The van der Waals surface area contributed by atoms with Gasteiger partial charge in [-0.1, -0.05) is 19.1 Å². The van der Waals surface area contributed by atoms with Crippen LogP contribution >= 0.6 is 0 Å². The number of amides is 2. The molecule has 1 saturated carbocycles. The molecule has 0 bridgehead atoms. The minimum atomic E-state index is -0.576. The number of piperazine rings is 1. The Hall–Kier alpha value is -4.93. The number of anilines is 1. The molecule has 0 N–H and O–H groups in total. The fourth-order valence-electron chi connectivity index (χ4n) is 7.37. The lowest BCUT2D eigenvalue weighted by atomic mass is 9.97. The molecular formula is C41H49FN6O4. The molecule has 0 radical (unpaired) electrons. The standard InChI is InChI=1S/C41H49FN6O4/c1-7-32-12-13-33(26(2)44-32)34-20-30(39(49)46-17-15-45(16-18-46)38-36(51-6)22-31(42)23-43-38)19-29-21-35(48(37(29)34)24-27-10-11-27)28-9-8-14-47(25-28)40(50)52-41(3,4)5/h9,12-13,19-23,27H,7-8,10-11,14-18,24-25H2,1-6H3. The zero-order valence-electron chi connectivity index (χ0n) is 31.2. The summed E-state index contributed by atoms with van der Waals surface area (Å²) in [5, 5.41) is 0.990. The van der Waals surface area contributed by atoms with Gasteiger partial charge in [0.1, 0.15) is 11.4 Å². The Labute approximate surface area is 305 Å². The fraction of sp³-hybridized carbons (Fsp3) is 0.463. The maximum atomic E-state index is 14.4. The summed E-state index contributed by atoms with van der Waals surface area (Å²) >= 11 is 0. The van der Waals surface area contributed by atoms with Crippen LogP contribution in [0.25, 0.3) is 27.6 Å². The minimum absolute atomic E-state index is 0.0397. The molecule has 0 unspecified atom stereocenters. The Morgan fingerprint density at radius 1 is 0.981 bits per heavy atom.